The van der Waals surface area contributed by atoms with Gasteiger partial charge in [0.1, 0.15) is 17.5 Å². The number of methoxy groups -OCH3 is 1. The van der Waals surface area contributed by atoms with Crippen LogP contribution >= 0.6 is 0 Å². The lowest BCUT2D eigenvalue weighted by molar-refractivity contribution is -0.142. The van der Waals surface area contributed by atoms with Crippen LogP contribution in [0.4, 0.5) is 0 Å². The molecule has 6 nitrogen and oxygen atoms in total. The van der Waals surface area contributed by atoms with Gasteiger partial charge in [0.15, 0.2) is 6.61 Å². The van der Waals surface area contributed by atoms with E-state index in [2.05, 4.69) is 5.32 Å². The molecule has 0 bridgehead atoms. The number of nitrogens with one attached hydrogen (secondary N) is 1. The largest absolute Gasteiger partial charge is 0.497 e. The number of aryl methyl sites for hydroxylation is 2. The van der Waals surface area contributed by atoms with Gasteiger partial charge >= 0.3 is 0 Å². The second-order valence-electron chi connectivity index (χ2n) is 7.25. The van der Waals surface area contributed by atoms with E-state index in [4.69, 9.17) is 9.47 Å². The van der Waals surface area contributed by atoms with Crippen LogP contribution in [0.2, 0.25) is 0 Å². The number of hydrogen-bond acceptors (Lipinski definition) is 4. The van der Waals surface area contributed by atoms with Gasteiger partial charge in [-0.2, -0.15) is 0 Å². The number of nitrogens with zero attached hydrogens (tertiary/aromatic N) is 1. The summed E-state index contributed by atoms with van der Waals surface area (Å²) < 4.78 is 11.0. The topological polar surface area (TPSA) is 67.9 Å². The van der Waals surface area contributed by atoms with E-state index >= 15 is 0 Å². The summed E-state index contributed by atoms with van der Waals surface area (Å²) in [7, 11) is 1.61. The smallest absolute Gasteiger partial charge is 0.261 e. The van der Waals surface area contributed by atoms with Gasteiger partial charge in [-0.05, 0) is 56.5 Å². The lowest BCUT2D eigenvalue weighted by Gasteiger charge is -2.30. The fourth-order valence-electron chi connectivity index (χ4n) is 3.32. The third-order valence-corrected chi connectivity index (χ3v) is 4.93. The highest BCUT2D eigenvalue weighted by Crippen LogP contribution is 2.20. The van der Waals surface area contributed by atoms with Gasteiger partial charge in [0, 0.05) is 13.1 Å². The third kappa shape index (κ3) is 6.24. The van der Waals surface area contributed by atoms with Crippen LogP contribution in [-0.4, -0.2) is 43.0 Å². The second-order valence-corrected chi connectivity index (χ2v) is 7.25. The van der Waals surface area contributed by atoms with Gasteiger partial charge in [0.05, 0.1) is 7.11 Å². The minimum absolute atomic E-state index is 0.129. The van der Waals surface area contributed by atoms with Crippen molar-refractivity contribution in [1.29, 1.82) is 0 Å². The lowest BCUT2D eigenvalue weighted by atomic mass is 10.1. The van der Waals surface area contributed by atoms with Gasteiger partial charge in [-0.1, -0.05) is 36.8 Å². The average molecular weight is 413 g/mol. The van der Waals surface area contributed by atoms with E-state index in [9.17, 15) is 9.59 Å². The maximum Gasteiger partial charge on any atom is 0.261 e. The predicted octanol–water partition coefficient (Wildman–Crippen LogP) is 3.63. The fraction of sp³-hybridized carbons (Fsp3) is 0.417. The summed E-state index contributed by atoms with van der Waals surface area (Å²) in [4.78, 5) is 27.3. The Balaban J connectivity index is 2.21. The van der Waals surface area contributed by atoms with Gasteiger partial charge in [-0.3, -0.25) is 9.59 Å². The van der Waals surface area contributed by atoms with Gasteiger partial charge < -0.3 is 19.7 Å². The van der Waals surface area contributed by atoms with Crippen molar-refractivity contribution < 1.29 is 19.1 Å². The molecular weight excluding hydrogens is 380 g/mol. The van der Waals surface area contributed by atoms with Crippen molar-refractivity contribution in [3.63, 3.8) is 0 Å². The van der Waals surface area contributed by atoms with Crippen molar-refractivity contribution in [1.82, 2.24) is 10.2 Å². The maximum absolute atomic E-state index is 13.1. The van der Waals surface area contributed by atoms with Crippen molar-refractivity contribution in [3.8, 4) is 11.5 Å². The molecule has 2 aromatic carbocycles. The maximum atomic E-state index is 13.1. The van der Waals surface area contributed by atoms with Crippen LogP contribution in [0.3, 0.4) is 0 Å². The van der Waals surface area contributed by atoms with E-state index in [1.807, 2.05) is 70.2 Å². The quantitative estimate of drug-likeness (QED) is 0.647. The molecule has 2 rings (SSSR count). The molecule has 2 amide bonds. The molecule has 0 aliphatic heterocycles. The van der Waals surface area contributed by atoms with Crippen molar-refractivity contribution in [2.45, 2.75) is 46.7 Å². The number of ether oxygens (including phenoxy) is 2. The van der Waals surface area contributed by atoms with Gasteiger partial charge in [-0.25, -0.2) is 0 Å². The molecule has 30 heavy (non-hydrogen) atoms. The van der Waals surface area contributed by atoms with E-state index in [1.54, 1.807) is 12.0 Å². The molecule has 0 radical (unpaired) electrons. The number of benzene rings is 2. The molecule has 1 N–H and O–H groups in total. The molecule has 0 spiro atoms. The number of hydrogen-bond donors (Lipinski definition) is 1. The van der Waals surface area contributed by atoms with Crippen molar-refractivity contribution >= 4 is 11.8 Å². The molecule has 1 atom stereocenters. The SMILES string of the molecule is CCNC(=O)[C@@H](CC)N(Cc1ccc(OC)cc1)C(=O)COc1ccc(C)cc1C. The van der Waals surface area contributed by atoms with E-state index < -0.39 is 6.04 Å². The van der Waals surface area contributed by atoms with Crippen LogP contribution in [0.15, 0.2) is 42.5 Å². The molecular formula is C24H32N2O4. The number of rotatable bonds is 10. The van der Waals surface area contributed by atoms with E-state index in [-0.39, 0.29) is 18.4 Å². The van der Waals surface area contributed by atoms with Gasteiger partial charge in [0.25, 0.3) is 5.91 Å². The van der Waals surface area contributed by atoms with Crippen LogP contribution in [0.1, 0.15) is 37.0 Å². The molecule has 0 aliphatic rings. The van der Waals surface area contributed by atoms with E-state index in [0.717, 1.165) is 22.4 Å². The summed E-state index contributed by atoms with van der Waals surface area (Å²) in [5, 5.41) is 2.83. The highest BCUT2D eigenvalue weighted by atomic mass is 16.5. The Bertz CT molecular complexity index is 849. The second kappa shape index (κ2) is 11.2. The number of amides is 2. The normalized spacial score (nSPS) is 11.5. The van der Waals surface area contributed by atoms with E-state index in [1.165, 1.54) is 0 Å². The molecule has 2 aromatic rings. The molecule has 0 unspecified atom stereocenters. The minimum Gasteiger partial charge on any atom is -0.497 e. The Labute approximate surface area is 179 Å². The summed E-state index contributed by atoms with van der Waals surface area (Å²) in [6, 6.07) is 12.7. The fourth-order valence-corrected chi connectivity index (χ4v) is 3.32. The van der Waals surface area contributed by atoms with Gasteiger partial charge in [-0.15, -0.1) is 0 Å². The van der Waals surface area contributed by atoms with Crippen LogP contribution in [0.25, 0.3) is 0 Å². The summed E-state index contributed by atoms with van der Waals surface area (Å²) in [6.45, 7) is 8.43. The Morgan fingerprint density at radius 1 is 1.07 bits per heavy atom. The number of carbonyl (C=O) groups excluding carboxylic acids is 2. The molecule has 0 saturated heterocycles. The zero-order chi connectivity index (χ0) is 22.1. The summed E-state index contributed by atoms with van der Waals surface area (Å²) in [5.74, 6) is 1.02. The average Bonchev–Trinajstić information content (AvgIpc) is 2.73. The molecule has 0 aliphatic carbocycles. The van der Waals surface area contributed by atoms with Gasteiger partial charge in [0.2, 0.25) is 5.91 Å². The molecule has 0 heterocycles. The zero-order valence-electron chi connectivity index (χ0n) is 18.5. The predicted molar refractivity (Wildman–Crippen MR) is 118 cm³/mol. The molecule has 162 valence electrons. The monoisotopic (exact) mass is 412 g/mol. The highest BCUT2D eigenvalue weighted by Gasteiger charge is 2.28. The Morgan fingerprint density at radius 2 is 1.77 bits per heavy atom. The standard InChI is InChI=1S/C24H32N2O4/c1-6-21(24(28)25-7-2)26(15-19-9-11-20(29-5)12-10-19)23(27)16-30-22-13-8-17(3)14-18(22)4/h8-14,21H,6-7,15-16H2,1-5H3,(H,25,28)/t21-/m1/s1. The van der Waals surface area contributed by atoms with Crippen LogP contribution in [0, 0.1) is 13.8 Å². The van der Waals surface area contributed by atoms with Crippen molar-refractivity contribution in [2.24, 2.45) is 0 Å². The highest BCUT2D eigenvalue weighted by molar-refractivity contribution is 5.88. The lowest BCUT2D eigenvalue weighted by Crippen LogP contribution is -2.50. The van der Waals surface area contributed by atoms with Crippen LogP contribution in [-0.2, 0) is 16.1 Å². The third-order valence-electron chi connectivity index (χ3n) is 4.93. The van der Waals surface area contributed by atoms with Crippen LogP contribution in [0.5, 0.6) is 11.5 Å². The van der Waals surface area contributed by atoms with E-state index in [0.29, 0.717) is 25.3 Å². The van der Waals surface area contributed by atoms with Crippen molar-refractivity contribution in [3.05, 3.63) is 59.2 Å². The van der Waals surface area contributed by atoms with Crippen molar-refractivity contribution in [2.75, 3.05) is 20.3 Å². The summed E-state index contributed by atoms with van der Waals surface area (Å²) in [6.07, 6.45) is 0.511. The Morgan fingerprint density at radius 3 is 2.33 bits per heavy atom. The Kier molecular flexibility index (Phi) is 8.71. The number of likely N-dealkylation sites (N-methyl/N-ethyl adjacent to an activating group) is 1. The zero-order valence-corrected chi connectivity index (χ0v) is 18.5. The summed E-state index contributed by atoms with van der Waals surface area (Å²) in [5.41, 5.74) is 3.02. The minimum atomic E-state index is -0.567. The Hall–Kier alpha value is -3.02. The first-order valence-corrected chi connectivity index (χ1v) is 10.3. The first kappa shape index (κ1) is 23.3. The number of carbonyl (C=O) groups is 2. The molecule has 0 saturated carbocycles. The molecule has 0 aromatic heterocycles. The first-order valence-electron chi connectivity index (χ1n) is 10.3. The van der Waals surface area contributed by atoms with Crippen LogP contribution < -0.4 is 14.8 Å². The molecule has 6 heteroatoms. The molecule has 0 fully saturated rings. The summed E-state index contributed by atoms with van der Waals surface area (Å²) >= 11 is 0. The first-order chi connectivity index (χ1) is 14.4.